The zero-order valence-electron chi connectivity index (χ0n) is 11.5. The topological polar surface area (TPSA) is 92.4 Å². The van der Waals surface area contributed by atoms with Gasteiger partial charge in [0, 0.05) is 17.8 Å². The molecule has 108 valence electrons. The van der Waals surface area contributed by atoms with Crippen molar-refractivity contribution in [2.75, 3.05) is 5.73 Å². The average Bonchev–Trinajstić information content (AvgIpc) is 2.37. The van der Waals surface area contributed by atoms with Crippen molar-refractivity contribution >= 4 is 23.6 Å². The molecule has 0 heterocycles. The van der Waals surface area contributed by atoms with E-state index >= 15 is 0 Å². The van der Waals surface area contributed by atoms with Gasteiger partial charge in [0.2, 0.25) is 5.91 Å². The number of hydrogen-bond donors (Lipinski definition) is 3. The number of carbonyl (C=O) groups is 2. The number of aliphatic carboxylic acids is 1. The van der Waals surface area contributed by atoms with Crippen molar-refractivity contribution in [1.82, 2.24) is 5.32 Å². The second-order valence-electron chi connectivity index (χ2n) is 4.59. The number of carbonyl (C=O) groups excluding carboxylic acids is 1. The van der Waals surface area contributed by atoms with Gasteiger partial charge in [-0.15, -0.1) is 0 Å². The van der Waals surface area contributed by atoms with Gasteiger partial charge >= 0.3 is 5.97 Å². The normalized spacial score (nSPS) is 12.2. The van der Waals surface area contributed by atoms with Crippen molar-refractivity contribution < 1.29 is 14.7 Å². The van der Waals surface area contributed by atoms with Crippen molar-refractivity contribution in [3.8, 4) is 0 Å². The van der Waals surface area contributed by atoms with Gasteiger partial charge in [-0.05, 0) is 30.2 Å². The maximum Gasteiger partial charge on any atom is 0.305 e. The summed E-state index contributed by atoms with van der Waals surface area (Å²) in [4.78, 5) is 22.4. The van der Waals surface area contributed by atoms with Gasteiger partial charge < -0.3 is 16.2 Å². The van der Waals surface area contributed by atoms with Gasteiger partial charge in [-0.3, -0.25) is 9.59 Å². The van der Waals surface area contributed by atoms with E-state index in [9.17, 15) is 9.59 Å². The van der Waals surface area contributed by atoms with E-state index in [0.29, 0.717) is 12.1 Å². The third-order valence-electron chi connectivity index (χ3n) is 2.77. The number of carboxylic acid groups (broad SMARTS) is 1. The highest BCUT2D eigenvalue weighted by atomic mass is 16.4. The van der Waals surface area contributed by atoms with Crippen LogP contribution >= 0.6 is 0 Å². The minimum Gasteiger partial charge on any atom is -0.481 e. The maximum absolute atomic E-state index is 11.7. The quantitative estimate of drug-likeness (QED) is 0.525. The molecule has 5 heteroatoms. The monoisotopic (exact) mass is 276 g/mol. The predicted molar refractivity (Wildman–Crippen MR) is 79.0 cm³/mol. The largest absolute Gasteiger partial charge is 0.481 e. The van der Waals surface area contributed by atoms with Crippen LogP contribution in [0, 0.1) is 0 Å². The van der Waals surface area contributed by atoms with Gasteiger partial charge in [0.15, 0.2) is 0 Å². The van der Waals surface area contributed by atoms with Crippen LogP contribution in [0.25, 0.3) is 6.08 Å². The second-order valence-corrected chi connectivity index (χ2v) is 4.59. The van der Waals surface area contributed by atoms with E-state index in [2.05, 4.69) is 5.32 Å². The van der Waals surface area contributed by atoms with E-state index in [4.69, 9.17) is 10.8 Å². The van der Waals surface area contributed by atoms with Crippen LogP contribution in [-0.4, -0.2) is 23.0 Å². The average molecular weight is 276 g/mol. The fourth-order valence-corrected chi connectivity index (χ4v) is 1.81. The van der Waals surface area contributed by atoms with Crippen LogP contribution in [0.3, 0.4) is 0 Å². The molecule has 1 aromatic carbocycles. The molecular formula is C15H20N2O3. The van der Waals surface area contributed by atoms with Crippen molar-refractivity contribution in [1.29, 1.82) is 0 Å². The second kappa shape index (κ2) is 7.99. The molecular weight excluding hydrogens is 256 g/mol. The molecule has 5 nitrogen and oxygen atoms in total. The Bertz CT molecular complexity index is 480. The van der Waals surface area contributed by atoms with E-state index in [0.717, 1.165) is 12.0 Å². The highest BCUT2D eigenvalue weighted by Gasteiger charge is 2.13. The van der Waals surface area contributed by atoms with Crippen molar-refractivity contribution in [2.24, 2.45) is 0 Å². The molecule has 0 aliphatic rings. The van der Waals surface area contributed by atoms with E-state index < -0.39 is 5.97 Å². The lowest BCUT2D eigenvalue weighted by atomic mass is 10.1. The molecule has 0 saturated heterocycles. The molecule has 1 aromatic rings. The van der Waals surface area contributed by atoms with E-state index in [1.807, 2.05) is 6.92 Å². The van der Waals surface area contributed by atoms with E-state index in [-0.39, 0.29) is 18.4 Å². The van der Waals surface area contributed by atoms with Gasteiger partial charge in [0.25, 0.3) is 0 Å². The SMILES string of the molecule is CCCC(CC(=O)O)NC(=O)/C=C/c1ccc(N)cc1. The number of nitrogens with two attached hydrogens (primary N) is 1. The molecule has 4 N–H and O–H groups in total. The molecule has 0 bridgehead atoms. The van der Waals surface area contributed by atoms with Gasteiger partial charge in [-0.25, -0.2) is 0 Å². The number of amides is 1. The number of benzene rings is 1. The molecule has 0 radical (unpaired) electrons. The van der Waals surface area contributed by atoms with Crippen molar-refractivity contribution in [2.45, 2.75) is 32.2 Å². The number of anilines is 1. The Labute approximate surface area is 118 Å². The lowest BCUT2D eigenvalue weighted by Crippen LogP contribution is -2.35. The maximum atomic E-state index is 11.7. The van der Waals surface area contributed by atoms with Gasteiger partial charge in [0.05, 0.1) is 6.42 Å². The number of hydrogen-bond acceptors (Lipinski definition) is 3. The van der Waals surface area contributed by atoms with Gasteiger partial charge in [-0.1, -0.05) is 25.5 Å². The summed E-state index contributed by atoms with van der Waals surface area (Å²) in [6.07, 6.45) is 4.47. The van der Waals surface area contributed by atoms with Crippen molar-refractivity contribution in [3.63, 3.8) is 0 Å². The fraction of sp³-hybridized carbons (Fsp3) is 0.333. The summed E-state index contributed by atoms with van der Waals surface area (Å²) < 4.78 is 0. The number of rotatable bonds is 7. The highest BCUT2D eigenvalue weighted by molar-refractivity contribution is 5.92. The van der Waals surface area contributed by atoms with Crippen LogP contribution < -0.4 is 11.1 Å². The zero-order valence-corrected chi connectivity index (χ0v) is 11.5. The van der Waals surface area contributed by atoms with E-state index in [1.165, 1.54) is 6.08 Å². The Kier molecular flexibility index (Phi) is 6.29. The number of nitrogens with one attached hydrogen (secondary N) is 1. The molecule has 1 amide bonds. The number of carboxylic acids is 1. The predicted octanol–water partition coefficient (Wildman–Crippen LogP) is 2.04. The Morgan fingerprint density at radius 3 is 2.55 bits per heavy atom. The summed E-state index contributed by atoms with van der Waals surface area (Å²) in [5, 5.41) is 11.5. The van der Waals surface area contributed by atoms with E-state index in [1.54, 1.807) is 30.3 Å². The molecule has 0 aromatic heterocycles. The molecule has 20 heavy (non-hydrogen) atoms. The molecule has 1 unspecified atom stereocenters. The molecule has 0 spiro atoms. The summed E-state index contributed by atoms with van der Waals surface area (Å²) in [5.74, 6) is -1.20. The first-order valence-corrected chi connectivity index (χ1v) is 6.57. The summed E-state index contributed by atoms with van der Waals surface area (Å²) in [6, 6.07) is 6.78. The van der Waals surface area contributed by atoms with Crippen LogP contribution in [0.2, 0.25) is 0 Å². The lowest BCUT2D eigenvalue weighted by Gasteiger charge is -2.14. The van der Waals surface area contributed by atoms with Crippen molar-refractivity contribution in [3.05, 3.63) is 35.9 Å². The van der Waals surface area contributed by atoms with Gasteiger partial charge in [-0.2, -0.15) is 0 Å². The Balaban J connectivity index is 2.56. The van der Waals surface area contributed by atoms with Crippen LogP contribution in [0.5, 0.6) is 0 Å². The Morgan fingerprint density at radius 1 is 1.35 bits per heavy atom. The van der Waals surface area contributed by atoms with Gasteiger partial charge in [0.1, 0.15) is 0 Å². The first kappa shape index (κ1) is 15.8. The minimum absolute atomic E-state index is 0.0602. The minimum atomic E-state index is -0.911. The first-order valence-electron chi connectivity index (χ1n) is 6.57. The molecule has 0 saturated carbocycles. The lowest BCUT2D eigenvalue weighted by molar-refractivity contribution is -0.137. The Hall–Kier alpha value is -2.30. The third kappa shape index (κ3) is 6.04. The highest BCUT2D eigenvalue weighted by Crippen LogP contribution is 2.07. The molecule has 0 aliphatic carbocycles. The first-order chi connectivity index (χ1) is 9.51. The third-order valence-corrected chi connectivity index (χ3v) is 2.77. The Morgan fingerprint density at radius 2 is 2.00 bits per heavy atom. The van der Waals surface area contributed by atoms with Crippen LogP contribution in [-0.2, 0) is 9.59 Å². The summed E-state index contributed by atoms with van der Waals surface area (Å²) in [7, 11) is 0. The summed E-state index contributed by atoms with van der Waals surface area (Å²) >= 11 is 0. The standard InChI is InChI=1S/C15H20N2O3/c1-2-3-13(10-15(19)20)17-14(18)9-6-11-4-7-12(16)8-5-11/h4-9,13H,2-3,10,16H2,1H3,(H,17,18)(H,19,20)/b9-6+. The van der Waals surface area contributed by atoms with Crippen LogP contribution in [0.4, 0.5) is 5.69 Å². The number of nitrogen functional groups attached to an aromatic ring is 1. The fourth-order valence-electron chi connectivity index (χ4n) is 1.81. The molecule has 1 atom stereocenters. The smallest absolute Gasteiger partial charge is 0.305 e. The summed E-state index contributed by atoms with van der Waals surface area (Å²) in [5.41, 5.74) is 7.09. The zero-order chi connectivity index (χ0) is 15.0. The summed E-state index contributed by atoms with van der Waals surface area (Å²) in [6.45, 7) is 1.95. The van der Waals surface area contributed by atoms with Crippen LogP contribution in [0.15, 0.2) is 30.3 Å². The molecule has 0 fully saturated rings. The molecule has 1 rings (SSSR count). The molecule has 0 aliphatic heterocycles. The van der Waals surface area contributed by atoms with Crippen LogP contribution in [0.1, 0.15) is 31.7 Å².